The van der Waals surface area contributed by atoms with E-state index in [0.717, 1.165) is 19.3 Å². The highest BCUT2D eigenvalue weighted by Crippen LogP contribution is 2.40. The van der Waals surface area contributed by atoms with Gasteiger partial charge in [-0.25, -0.2) is 4.79 Å². The third-order valence-electron chi connectivity index (χ3n) is 5.66. The molecule has 0 spiro atoms. The van der Waals surface area contributed by atoms with E-state index in [2.05, 4.69) is 20.8 Å². The minimum atomic E-state index is -0.888. The second kappa shape index (κ2) is 8.07. The average molecular weight is 348 g/mol. The minimum absolute atomic E-state index is 0.00707. The fraction of sp³-hybridized carbons (Fsp3) is 0.700. The lowest BCUT2D eigenvalue weighted by molar-refractivity contribution is -0.126. The Morgan fingerprint density at radius 3 is 2.60 bits per heavy atom. The van der Waals surface area contributed by atoms with Crippen molar-refractivity contribution >= 4 is 12.0 Å². The number of amides is 2. The van der Waals surface area contributed by atoms with Gasteiger partial charge in [-0.15, -0.1) is 0 Å². The first-order valence-electron chi connectivity index (χ1n) is 9.43. The molecule has 1 N–H and O–H groups in total. The molecule has 140 valence electrons. The van der Waals surface area contributed by atoms with E-state index in [1.807, 2.05) is 13.0 Å². The Morgan fingerprint density at radius 1 is 1.28 bits per heavy atom. The Bertz CT molecular complexity index is 577. The number of carbonyl (C=O) groups excluding carboxylic acids is 1. The molecule has 2 rings (SSSR count). The molecule has 25 heavy (non-hydrogen) atoms. The van der Waals surface area contributed by atoms with Crippen molar-refractivity contribution < 1.29 is 14.7 Å². The highest BCUT2D eigenvalue weighted by atomic mass is 16.4. The van der Waals surface area contributed by atoms with Gasteiger partial charge in [-0.3, -0.25) is 4.79 Å². The maximum atomic E-state index is 12.7. The summed E-state index contributed by atoms with van der Waals surface area (Å²) in [6.45, 7) is 10.2. The summed E-state index contributed by atoms with van der Waals surface area (Å²) in [5.41, 5.74) is 2.77. The summed E-state index contributed by atoms with van der Waals surface area (Å²) in [6, 6.07) is -0.121. The molecule has 1 saturated heterocycles. The molecule has 1 heterocycles. The standard InChI is InChI=1S/C20H32N2O3/c1-5-16-14-21(12-7-13-22(16)19(24)25)18(23)10-9-17-15(2)8-6-11-20(17,3)4/h9-10,16H,5-8,11-14H2,1-4H3,(H,24,25). The highest BCUT2D eigenvalue weighted by molar-refractivity contribution is 5.88. The van der Waals surface area contributed by atoms with Crippen molar-refractivity contribution in [2.45, 2.75) is 65.8 Å². The first-order valence-corrected chi connectivity index (χ1v) is 9.43. The fourth-order valence-electron chi connectivity index (χ4n) is 4.13. The number of carboxylic acid groups (broad SMARTS) is 1. The predicted octanol–water partition coefficient (Wildman–Crippen LogP) is 4.06. The Labute approximate surface area is 151 Å². The number of hydrogen-bond donors (Lipinski definition) is 1. The Morgan fingerprint density at radius 2 is 2.00 bits per heavy atom. The molecule has 5 heteroatoms. The van der Waals surface area contributed by atoms with Crippen molar-refractivity contribution in [2.24, 2.45) is 5.41 Å². The lowest BCUT2D eigenvalue weighted by Gasteiger charge is -2.33. The van der Waals surface area contributed by atoms with Gasteiger partial charge in [0.25, 0.3) is 0 Å². The summed E-state index contributed by atoms with van der Waals surface area (Å²) in [4.78, 5) is 27.4. The van der Waals surface area contributed by atoms with Gasteiger partial charge in [-0.05, 0) is 50.0 Å². The monoisotopic (exact) mass is 348 g/mol. The van der Waals surface area contributed by atoms with Gasteiger partial charge in [0, 0.05) is 25.7 Å². The predicted molar refractivity (Wildman–Crippen MR) is 99.5 cm³/mol. The normalized spacial score (nSPS) is 24.6. The van der Waals surface area contributed by atoms with Gasteiger partial charge in [-0.2, -0.15) is 0 Å². The molecule has 1 aliphatic heterocycles. The molecule has 5 nitrogen and oxygen atoms in total. The molecule has 2 amide bonds. The van der Waals surface area contributed by atoms with Crippen LogP contribution in [0.1, 0.15) is 59.8 Å². The second-order valence-corrected chi connectivity index (χ2v) is 7.94. The van der Waals surface area contributed by atoms with Crippen LogP contribution in [-0.4, -0.2) is 52.6 Å². The van der Waals surface area contributed by atoms with Gasteiger partial charge in [0.2, 0.25) is 5.91 Å². The maximum Gasteiger partial charge on any atom is 0.407 e. The van der Waals surface area contributed by atoms with Crippen LogP contribution in [0.2, 0.25) is 0 Å². The number of rotatable bonds is 3. The van der Waals surface area contributed by atoms with Gasteiger partial charge in [0.1, 0.15) is 0 Å². The lowest BCUT2D eigenvalue weighted by Crippen LogP contribution is -2.44. The molecule has 1 aliphatic carbocycles. The third kappa shape index (κ3) is 4.65. The Kier molecular flexibility index (Phi) is 6.31. The van der Waals surface area contributed by atoms with Crippen LogP contribution in [0.3, 0.4) is 0 Å². The molecular formula is C20H32N2O3. The van der Waals surface area contributed by atoms with Gasteiger partial charge >= 0.3 is 6.09 Å². The summed E-state index contributed by atoms with van der Waals surface area (Å²) in [5, 5.41) is 9.35. The lowest BCUT2D eigenvalue weighted by atomic mass is 9.72. The molecule has 0 radical (unpaired) electrons. The van der Waals surface area contributed by atoms with Crippen molar-refractivity contribution in [2.75, 3.05) is 19.6 Å². The third-order valence-corrected chi connectivity index (χ3v) is 5.66. The fourth-order valence-corrected chi connectivity index (χ4v) is 4.13. The van der Waals surface area contributed by atoms with E-state index in [-0.39, 0.29) is 17.4 Å². The van der Waals surface area contributed by atoms with Crippen LogP contribution in [0.25, 0.3) is 0 Å². The van der Waals surface area contributed by atoms with E-state index >= 15 is 0 Å². The van der Waals surface area contributed by atoms with Crippen molar-refractivity contribution in [3.63, 3.8) is 0 Å². The van der Waals surface area contributed by atoms with Crippen molar-refractivity contribution in [1.82, 2.24) is 9.80 Å². The molecule has 1 fully saturated rings. The van der Waals surface area contributed by atoms with Gasteiger partial charge < -0.3 is 14.9 Å². The van der Waals surface area contributed by atoms with E-state index in [4.69, 9.17) is 0 Å². The minimum Gasteiger partial charge on any atom is -0.465 e. The number of carbonyl (C=O) groups is 2. The van der Waals surface area contributed by atoms with Crippen LogP contribution in [0, 0.1) is 5.41 Å². The first-order chi connectivity index (χ1) is 11.8. The first kappa shape index (κ1) is 19.5. The van der Waals surface area contributed by atoms with Crippen LogP contribution in [0.5, 0.6) is 0 Å². The summed E-state index contributed by atoms with van der Waals surface area (Å²) in [6.07, 6.45) is 7.67. The van der Waals surface area contributed by atoms with Gasteiger partial charge in [0.15, 0.2) is 0 Å². The van der Waals surface area contributed by atoms with E-state index in [1.165, 1.54) is 22.5 Å². The van der Waals surface area contributed by atoms with Gasteiger partial charge in [0.05, 0.1) is 6.04 Å². The molecule has 1 unspecified atom stereocenters. The van der Waals surface area contributed by atoms with Crippen molar-refractivity contribution in [3.8, 4) is 0 Å². The molecule has 0 aromatic heterocycles. The molecule has 0 saturated carbocycles. The average Bonchev–Trinajstić information content (AvgIpc) is 2.76. The van der Waals surface area contributed by atoms with E-state index in [1.54, 1.807) is 11.0 Å². The molecule has 2 aliphatic rings. The highest BCUT2D eigenvalue weighted by Gasteiger charge is 2.29. The van der Waals surface area contributed by atoms with Crippen LogP contribution in [0.4, 0.5) is 4.79 Å². The topological polar surface area (TPSA) is 60.9 Å². The van der Waals surface area contributed by atoms with Crippen LogP contribution in [0.15, 0.2) is 23.3 Å². The quantitative estimate of drug-likeness (QED) is 0.782. The zero-order valence-corrected chi connectivity index (χ0v) is 16.0. The zero-order valence-electron chi connectivity index (χ0n) is 16.0. The van der Waals surface area contributed by atoms with Gasteiger partial charge in [-0.1, -0.05) is 32.4 Å². The SMILES string of the molecule is CCC1CN(C(=O)C=CC2=C(C)CCCC2(C)C)CCCN1C(=O)O. The summed E-state index contributed by atoms with van der Waals surface area (Å²) in [7, 11) is 0. The maximum absolute atomic E-state index is 12.7. The molecule has 0 bridgehead atoms. The summed E-state index contributed by atoms with van der Waals surface area (Å²) < 4.78 is 0. The van der Waals surface area contributed by atoms with E-state index in [9.17, 15) is 14.7 Å². The molecule has 0 aromatic carbocycles. The number of nitrogens with zero attached hydrogens (tertiary/aromatic N) is 2. The van der Waals surface area contributed by atoms with Crippen molar-refractivity contribution in [3.05, 3.63) is 23.3 Å². The van der Waals surface area contributed by atoms with Crippen molar-refractivity contribution in [1.29, 1.82) is 0 Å². The van der Waals surface area contributed by atoms with Crippen LogP contribution < -0.4 is 0 Å². The largest absolute Gasteiger partial charge is 0.465 e. The summed E-state index contributed by atoms with van der Waals surface area (Å²) >= 11 is 0. The molecule has 0 aromatic rings. The Hall–Kier alpha value is -1.78. The van der Waals surface area contributed by atoms with E-state index < -0.39 is 6.09 Å². The molecular weight excluding hydrogens is 316 g/mol. The summed E-state index contributed by atoms with van der Waals surface area (Å²) in [5.74, 6) is -0.00707. The zero-order chi connectivity index (χ0) is 18.6. The van der Waals surface area contributed by atoms with E-state index in [0.29, 0.717) is 26.1 Å². The number of hydrogen-bond acceptors (Lipinski definition) is 2. The smallest absolute Gasteiger partial charge is 0.407 e. The molecule has 1 atom stereocenters. The number of allylic oxidation sites excluding steroid dienone is 3. The second-order valence-electron chi connectivity index (χ2n) is 7.94. The van der Waals surface area contributed by atoms with Crippen LogP contribution >= 0.6 is 0 Å². The van der Waals surface area contributed by atoms with Crippen LogP contribution in [-0.2, 0) is 4.79 Å². The Balaban J connectivity index is 2.11.